The molecule has 0 radical (unpaired) electrons. The van der Waals surface area contributed by atoms with Gasteiger partial charge in [-0.25, -0.2) is 19.9 Å². The molecule has 0 atom stereocenters. The summed E-state index contributed by atoms with van der Waals surface area (Å²) in [6, 6.07) is 15.0. The molecule has 1 saturated heterocycles. The van der Waals surface area contributed by atoms with E-state index in [0.29, 0.717) is 28.9 Å². The number of nitrogens with two attached hydrogens (primary N) is 1. The molecule has 7 rings (SSSR count). The summed E-state index contributed by atoms with van der Waals surface area (Å²) >= 11 is 6.27. The number of aromatic nitrogens is 5. The third-order valence-electron chi connectivity index (χ3n) is 8.78. The third kappa shape index (κ3) is 5.09. The zero-order valence-corrected chi connectivity index (χ0v) is 23.9. The third-order valence-corrected chi connectivity index (χ3v) is 9.11. The van der Waals surface area contributed by atoms with Crippen molar-refractivity contribution in [2.75, 3.05) is 44.3 Å². The maximum absolute atomic E-state index is 6.44. The summed E-state index contributed by atoms with van der Waals surface area (Å²) in [6.45, 7) is 4.69. The molecule has 2 aromatic carbocycles. The van der Waals surface area contributed by atoms with Gasteiger partial charge in [-0.15, -0.1) is 0 Å². The molecule has 0 unspecified atom stereocenters. The highest BCUT2D eigenvalue weighted by molar-refractivity contribution is 6.35. The summed E-state index contributed by atoms with van der Waals surface area (Å²) in [6.07, 6.45) is 10.3. The van der Waals surface area contributed by atoms with Gasteiger partial charge < -0.3 is 20.5 Å². The Balaban J connectivity index is 1.12. The molecule has 5 aromatic rings. The maximum Gasteiger partial charge on any atom is 0.227 e. The normalized spacial score (nSPS) is 20.5. The van der Waals surface area contributed by atoms with E-state index in [4.69, 9.17) is 22.3 Å². The van der Waals surface area contributed by atoms with Crippen LogP contribution < -0.4 is 11.1 Å². The molecular weight excluding hydrogens is 534 g/mol. The molecule has 3 aromatic heterocycles. The average molecular weight is 568 g/mol. The minimum Gasteiger partial charge on any atom is -0.383 e. The number of likely N-dealkylation sites (N-methyl/N-ethyl adjacent to an activating group) is 1. The molecule has 3 N–H and O–H groups in total. The Hall–Kier alpha value is -3.79. The predicted octanol–water partition coefficient (Wildman–Crippen LogP) is 5.75. The number of hydrogen-bond donors (Lipinski definition) is 2. The molecule has 2 aliphatic rings. The largest absolute Gasteiger partial charge is 0.383 e. The Morgan fingerprint density at radius 1 is 0.902 bits per heavy atom. The summed E-state index contributed by atoms with van der Waals surface area (Å²) in [4.78, 5) is 23.2. The Morgan fingerprint density at radius 2 is 1.66 bits per heavy atom. The van der Waals surface area contributed by atoms with Crippen LogP contribution in [0.1, 0.15) is 31.7 Å². The van der Waals surface area contributed by atoms with E-state index in [1.807, 2.05) is 30.3 Å². The lowest BCUT2D eigenvalue weighted by atomic mass is 9.89. The van der Waals surface area contributed by atoms with Crippen LogP contribution in [-0.2, 0) is 0 Å². The molecule has 1 aliphatic carbocycles. The molecule has 1 saturated carbocycles. The second-order valence-corrected chi connectivity index (χ2v) is 11.7. The van der Waals surface area contributed by atoms with Crippen molar-refractivity contribution in [1.82, 2.24) is 34.3 Å². The summed E-state index contributed by atoms with van der Waals surface area (Å²) in [5.41, 5.74) is 11.2. The maximum atomic E-state index is 6.44. The first-order valence-corrected chi connectivity index (χ1v) is 14.7. The quantitative estimate of drug-likeness (QED) is 0.277. The SMILES string of the molecule is CN1CCN(C2CCC(n3cc(-c4ccc(Nc5ncc6c(Cl)cccc6n5)cc4)c4c(N)ncnc43)CC2)CC1. The Kier molecular flexibility index (Phi) is 6.94. The minimum absolute atomic E-state index is 0.406. The van der Waals surface area contributed by atoms with E-state index in [0.717, 1.165) is 51.6 Å². The first kappa shape index (κ1) is 26.1. The molecule has 0 amide bonds. The molecule has 2 fully saturated rings. The van der Waals surface area contributed by atoms with Crippen molar-refractivity contribution in [3.8, 4) is 11.1 Å². The second kappa shape index (κ2) is 10.9. The van der Waals surface area contributed by atoms with E-state index in [1.54, 1.807) is 12.5 Å². The van der Waals surface area contributed by atoms with Gasteiger partial charge in [0.2, 0.25) is 5.95 Å². The van der Waals surface area contributed by atoms with Gasteiger partial charge in [0, 0.05) is 67.3 Å². The highest BCUT2D eigenvalue weighted by Crippen LogP contribution is 2.39. The number of halogens is 1. The zero-order chi connectivity index (χ0) is 27.9. The number of hydrogen-bond acceptors (Lipinski definition) is 8. The monoisotopic (exact) mass is 567 g/mol. The summed E-state index contributed by atoms with van der Waals surface area (Å²) in [5.74, 6) is 1.04. The summed E-state index contributed by atoms with van der Waals surface area (Å²) < 4.78 is 2.35. The van der Waals surface area contributed by atoms with Crippen LogP contribution in [0.4, 0.5) is 17.5 Å². The van der Waals surface area contributed by atoms with E-state index in [9.17, 15) is 0 Å². The first-order chi connectivity index (χ1) is 20.0. The van der Waals surface area contributed by atoms with Crippen molar-refractivity contribution in [2.45, 2.75) is 37.8 Å². The highest BCUT2D eigenvalue weighted by Gasteiger charge is 2.30. The van der Waals surface area contributed by atoms with E-state index < -0.39 is 0 Å². The molecule has 210 valence electrons. The number of piperazine rings is 1. The van der Waals surface area contributed by atoms with Crippen LogP contribution in [0.15, 0.2) is 61.2 Å². The van der Waals surface area contributed by atoms with Crippen LogP contribution in [-0.4, -0.2) is 73.6 Å². The van der Waals surface area contributed by atoms with Crippen molar-refractivity contribution in [2.24, 2.45) is 0 Å². The molecule has 4 heterocycles. The average Bonchev–Trinajstić information content (AvgIpc) is 3.39. The van der Waals surface area contributed by atoms with Gasteiger partial charge in [-0.3, -0.25) is 4.90 Å². The fraction of sp³-hybridized carbons (Fsp3) is 0.355. The number of nitrogens with one attached hydrogen (secondary N) is 1. The van der Waals surface area contributed by atoms with E-state index in [1.165, 1.54) is 39.0 Å². The number of benzene rings is 2. The molecule has 0 spiro atoms. The lowest BCUT2D eigenvalue weighted by molar-refractivity contribution is 0.0828. The van der Waals surface area contributed by atoms with E-state index >= 15 is 0 Å². The molecule has 10 heteroatoms. The summed E-state index contributed by atoms with van der Waals surface area (Å²) in [5, 5.41) is 5.70. The Labute approximate surface area is 244 Å². The second-order valence-electron chi connectivity index (χ2n) is 11.3. The van der Waals surface area contributed by atoms with E-state index in [-0.39, 0.29) is 0 Å². The van der Waals surface area contributed by atoms with Gasteiger partial charge in [0.05, 0.1) is 15.9 Å². The van der Waals surface area contributed by atoms with Gasteiger partial charge in [-0.05, 0) is 62.6 Å². The van der Waals surface area contributed by atoms with Gasteiger partial charge >= 0.3 is 0 Å². The number of anilines is 3. The van der Waals surface area contributed by atoms with Crippen molar-refractivity contribution >= 4 is 51.0 Å². The smallest absolute Gasteiger partial charge is 0.227 e. The van der Waals surface area contributed by atoms with Crippen LogP contribution in [0, 0.1) is 0 Å². The number of rotatable bonds is 5. The number of nitrogen functional groups attached to an aromatic ring is 1. The van der Waals surface area contributed by atoms with Crippen LogP contribution in [0.25, 0.3) is 33.1 Å². The van der Waals surface area contributed by atoms with Gasteiger partial charge in [0.15, 0.2) is 0 Å². The van der Waals surface area contributed by atoms with Gasteiger partial charge in [-0.1, -0.05) is 29.8 Å². The fourth-order valence-electron chi connectivity index (χ4n) is 6.44. The Bertz CT molecular complexity index is 1680. The van der Waals surface area contributed by atoms with Gasteiger partial charge in [-0.2, -0.15) is 0 Å². The standard InChI is InChI=1S/C31H34ClN9/c1-39-13-15-40(16-14-39)22-9-11-23(12-10-22)41-18-25(28-29(33)35-19-36-30(28)41)20-5-7-21(8-6-20)37-31-34-17-24-26(32)3-2-4-27(24)38-31/h2-8,17-19,22-23H,9-16H2,1H3,(H2,33,35,36)(H,34,37,38). The molecular formula is C31H34ClN9. The number of fused-ring (bicyclic) bond motifs is 2. The van der Waals surface area contributed by atoms with Crippen LogP contribution >= 0.6 is 11.6 Å². The van der Waals surface area contributed by atoms with Crippen LogP contribution in [0.5, 0.6) is 0 Å². The Morgan fingerprint density at radius 3 is 2.44 bits per heavy atom. The minimum atomic E-state index is 0.406. The van der Waals surface area contributed by atoms with Crippen molar-refractivity contribution in [3.05, 3.63) is 66.2 Å². The van der Waals surface area contributed by atoms with Crippen molar-refractivity contribution in [3.63, 3.8) is 0 Å². The topological polar surface area (TPSA) is 101 Å². The van der Waals surface area contributed by atoms with E-state index in [2.05, 4.69) is 60.0 Å². The van der Waals surface area contributed by atoms with Crippen molar-refractivity contribution in [1.29, 1.82) is 0 Å². The van der Waals surface area contributed by atoms with Gasteiger partial charge in [0.1, 0.15) is 17.8 Å². The van der Waals surface area contributed by atoms with Crippen LogP contribution in [0.3, 0.4) is 0 Å². The van der Waals surface area contributed by atoms with Gasteiger partial charge in [0.25, 0.3) is 0 Å². The first-order valence-electron chi connectivity index (χ1n) is 14.4. The molecule has 1 aliphatic heterocycles. The van der Waals surface area contributed by atoms with Crippen molar-refractivity contribution < 1.29 is 0 Å². The summed E-state index contributed by atoms with van der Waals surface area (Å²) in [7, 11) is 2.22. The predicted molar refractivity (Wildman–Crippen MR) is 166 cm³/mol. The number of nitrogens with zero attached hydrogens (tertiary/aromatic N) is 7. The highest BCUT2D eigenvalue weighted by atomic mass is 35.5. The molecule has 41 heavy (non-hydrogen) atoms. The molecule has 0 bridgehead atoms. The molecule has 9 nitrogen and oxygen atoms in total. The van der Waals surface area contributed by atoms with Crippen LogP contribution in [0.2, 0.25) is 5.02 Å². The lowest BCUT2D eigenvalue weighted by Gasteiger charge is -2.41. The fourth-order valence-corrected chi connectivity index (χ4v) is 6.65. The lowest BCUT2D eigenvalue weighted by Crippen LogP contribution is -2.49. The zero-order valence-electron chi connectivity index (χ0n) is 23.2.